The molecule has 9 nitrogen and oxygen atoms in total. The molecule has 0 spiro atoms. The molecule has 2 aromatic carbocycles. The maximum atomic E-state index is 12.8. The second-order valence-corrected chi connectivity index (χ2v) is 7.54. The normalized spacial score (nSPS) is 11.1. The lowest BCUT2D eigenvalue weighted by molar-refractivity contribution is 0.0887. The van der Waals surface area contributed by atoms with Gasteiger partial charge in [-0.1, -0.05) is 68.8 Å². The van der Waals surface area contributed by atoms with Crippen molar-refractivity contribution in [3.63, 3.8) is 0 Å². The van der Waals surface area contributed by atoms with E-state index in [9.17, 15) is 9.59 Å². The fourth-order valence-corrected chi connectivity index (χ4v) is 3.61. The summed E-state index contributed by atoms with van der Waals surface area (Å²) in [6, 6.07) is 15.9. The van der Waals surface area contributed by atoms with E-state index < -0.39 is 0 Å². The molecule has 0 aliphatic heterocycles. The molecule has 0 bridgehead atoms. The lowest BCUT2D eigenvalue weighted by Gasteiger charge is -2.09. The predicted octanol–water partition coefficient (Wildman–Crippen LogP) is 3.33. The van der Waals surface area contributed by atoms with Crippen LogP contribution in [0.2, 0.25) is 0 Å². The van der Waals surface area contributed by atoms with Crippen molar-refractivity contribution < 1.29 is 4.79 Å². The molecule has 32 heavy (non-hydrogen) atoms. The Balaban J connectivity index is 1.64. The van der Waals surface area contributed by atoms with Crippen molar-refractivity contribution in [3.05, 3.63) is 70.4 Å². The van der Waals surface area contributed by atoms with Crippen LogP contribution in [-0.2, 0) is 13.0 Å². The molecule has 164 valence electrons. The Hall–Kier alpha value is -3.88. The predicted molar refractivity (Wildman–Crippen MR) is 120 cm³/mol. The van der Waals surface area contributed by atoms with Gasteiger partial charge < -0.3 is 0 Å². The van der Waals surface area contributed by atoms with Crippen molar-refractivity contribution in [1.82, 2.24) is 35.0 Å². The molecule has 4 rings (SSSR count). The zero-order valence-electron chi connectivity index (χ0n) is 18.2. The average molecular weight is 432 g/mol. The van der Waals surface area contributed by atoms with E-state index in [1.807, 2.05) is 48.5 Å². The van der Waals surface area contributed by atoms with Crippen LogP contribution in [0, 0.1) is 0 Å². The van der Waals surface area contributed by atoms with Gasteiger partial charge >= 0.3 is 5.69 Å². The largest absolute Gasteiger partial charge is 0.353 e. The van der Waals surface area contributed by atoms with Crippen LogP contribution >= 0.6 is 0 Å². The zero-order valence-corrected chi connectivity index (χ0v) is 18.2. The van der Waals surface area contributed by atoms with Crippen molar-refractivity contribution in [2.24, 2.45) is 0 Å². The number of unbranched alkanes of at least 4 members (excludes halogenated alkanes) is 1. The number of nitrogens with one attached hydrogen (secondary N) is 1. The number of benzene rings is 2. The van der Waals surface area contributed by atoms with Gasteiger partial charge in [-0.15, -0.1) is 14.9 Å². The van der Waals surface area contributed by atoms with E-state index in [4.69, 9.17) is 0 Å². The number of H-pyrrole nitrogens is 1. The van der Waals surface area contributed by atoms with Crippen LogP contribution < -0.4 is 5.69 Å². The Labute approximate surface area is 185 Å². The number of aromatic amines is 1. The van der Waals surface area contributed by atoms with Gasteiger partial charge in [0.05, 0.1) is 6.54 Å². The van der Waals surface area contributed by atoms with Gasteiger partial charge in [-0.25, -0.2) is 9.89 Å². The summed E-state index contributed by atoms with van der Waals surface area (Å²) < 4.78 is 2.60. The van der Waals surface area contributed by atoms with E-state index in [0.29, 0.717) is 24.6 Å². The summed E-state index contributed by atoms with van der Waals surface area (Å²) in [4.78, 5) is 25.0. The number of aromatic nitrogens is 7. The lowest BCUT2D eigenvalue weighted by atomic mass is 9.98. The third-order valence-electron chi connectivity index (χ3n) is 5.36. The number of nitrogens with zero attached hydrogens (tertiary/aromatic N) is 6. The third kappa shape index (κ3) is 4.27. The Morgan fingerprint density at radius 2 is 1.78 bits per heavy atom. The first-order valence-corrected chi connectivity index (χ1v) is 10.8. The minimum atomic E-state index is -0.379. The summed E-state index contributed by atoms with van der Waals surface area (Å²) in [6.07, 6.45) is 2.78. The van der Waals surface area contributed by atoms with E-state index in [2.05, 4.69) is 32.6 Å². The standard InChI is InChI=1S/C23H25N7O2/c1-3-5-10-20-26-30(21(31)4-2)23(32)29(20)15-16-11-13-17(14-12-16)18-8-6-7-9-19(18)22-24-27-28-25-22/h6-9,11-14H,3-5,10,15H2,1-2H3,(H,24,25,27,28). The molecular formula is C23H25N7O2. The Morgan fingerprint density at radius 3 is 2.44 bits per heavy atom. The molecule has 9 heteroatoms. The molecule has 0 atom stereocenters. The summed E-state index contributed by atoms with van der Waals surface area (Å²) in [5, 5.41) is 18.5. The quantitative estimate of drug-likeness (QED) is 0.458. The highest BCUT2D eigenvalue weighted by Crippen LogP contribution is 2.29. The van der Waals surface area contributed by atoms with Crippen molar-refractivity contribution >= 4 is 5.91 Å². The van der Waals surface area contributed by atoms with Crippen LogP contribution in [0.5, 0.6) is 0 Å². The summed E-state index contributed by atoms with van der Waals surface area (Å²) in [5.74, 6) is 0.955. The molecule has 0 unspecified atom stereocenters. The summed E-state index contributed by atoms with van der Waals surface area (Å²) in [6.45, 7) is 4.18. The molecule has 0 saturated carbocycles. The topological polar surface area (TPSA) is 111 Å². The second kappa shape index (κ2) is 9.51. The maximum absolute atomic E-state index is 12.8. The molecule has 0 saturated heterocycles. The van der Waals surface area contributed by atoms with Gasteiger partial charge in [-0.2, -0.15) is 0 Å². The highest BCUT2D eigenvalue weighted by Gasteiger charge is 2.17. The number of carbonyl (C=O) groups excluding carboxylic acids is 1. The van der Waals surface area contributed by atoms with Crippen LogP contribution in [0.3, 0.4) is 0 Å². The Kier molecular flexibility index (Phi) is 6.34. The minimum Gasteiger partial charge on any atom is -0.274 e. The molecule has 0 aliphatic carbocycles. The van der Waals surface area contributed by atoms with Crippen LogP contribution in [-0.4, -0.2) is 40.9 Å². The van der Waals surface area contributed by atoms with E-state index >= 15 is 0 Å². The van der Waals surface area contributed by atoms with Crippen LogP contribution in [0.15, 0.2) is 53.3 Å². The number of hydrogen-bond donors (Lipinski definition) is 1. The molecular weight excluding hydrogens is 406 g/mol. The summed E-state index contributed by atoms with van der Waals surface area (Å²) in [5.41, 5.74) is 3.49. The van der Waals surface area contributed by atoms with Gasteiger partial charge in [0.15, 0.2) is 5.82 Å². The number of carbonyl (C=O) groups is 1. The van der Waals surface area contributed by atoms with Gasteiger partial charge in [0.1, 0.15) is 5.82 Å². The first-order chi connectivity index (χ1) is 15.6. The summed E-state index contributed by atoms with van der Waals surface area (Å²) in [7, 11) is 0. The second-order valence-electron chi connectivity index (χ2n) is 7.54. The van der Waals surface area contributed by atoms with Crippen LogP contribution in [0.4, 0.5) is 0 Å². The minimum absolute atomic E-state index is 0.235. The molecule has 0 aliphatic rings. The SMILES string of the molecule is CCCCc1nn(C(=O)CC)c(=O)n1Cc1ccc(-c2ccccc2-c2nnn[nH]2)cc1. The van der Waals surface area contributed by atoms with Gasteiger partial charge in [0.2, 0.25) is 0 Å². The molecule has 0 fully saturated rings. The Morgan fingerprint density at radius 1 is 1.03 bits per heavy atom. The highest BCUT2D eigenvalue weighted by molar-refractivity contribution is 5.80. The molecule has 2 aromatic heterocycles. The molecule has 4 aromatic rings. The van der Waals surface area contributed by atoms with E-state index in [-0.39, 0.29) is 18.0 Å². The number of hydrogen-bond acceptors (Lipinski definition) is 6. The van der Waals surface area contributed by atoms with E-state index in [1.54, 1.807) is 11.5 Å². The molecule has 0 amide bonds. The average Bonchev–Trinajstić information content (AvgIpc) is 3.47. The van der Waals surface area contributed by atoms with Crippen molar-refractivity contribution in [3.8, 4) is 22.5 Å². The van der Waals surface area contributed by atoms with E-state index in [0.717, 1.165) is 39.8 Å². The number of tetrazole rings is 1. The fraction of sp³-hybridized carbons (Fsp3) is 0.304. The van der Waals surface area contributed by atoms with Crippen molar-refractivity contribution in [2.75, 3.05) is 0 Å². The molecule has 1 N–H and O–H groups in total. The van der Waals surface area contributed by atoms with Crippen molar-refractivity contribution in [1.29, 1.82) is 0 Å². The lowest BCUT2D eigenvalue weighted by Crippen LogP contribution is -2.30. The van der Waals surface area contributed by atoms with Gasteiger partial charge in [0.25, 0.3) is 5.91 Å². The van der Waals surface area contributed by atoms with Crippen LogP contribution in [0.25, 0.3) is 22.5 Å². The maximum Gasteiger partial charge on any atom is 0.353 e. The van der Waals surface area contributed by atoms with E-state index in [1.165, 1.54) is 0 Å². The third-order valence-corrected chi connectivity index (χ3v) is 5.36. The van der Waals surface area contributed by atoms with Crippen molar-refractivity contribution in [2.45, 2.75) is 46.1 Å². The smallest absolute Gasteiger partial charge is 0.274 e. The first-order valence-electron chi connectivity index (χ1n) is 10.8. The van der Waals surface area contributed by atoms with Gasteiger partial charge in [-0.05, 0) is 33.5 Å². The Bertz CT molecular complexity index is 1250. The first kappa shape index (κ1) is 21.4. The molecule has 0 radical (unpaired) electrons. The fourth-order valence-electron chi connectivity index (χ4n) is 3.61. The van der Waals surface area contributed by atoms with Gasteiger partial charge in [0, 0.05) is 18.4 Å². The summed E-state index contributed by atoms with van der Waals surface area (Å²) >= 11 is 0. The number of aryl methyl sites for hydroxylation is 1. The molecule has 2 heterocycles. The number of rotatable bonds is 8. The van der Waals surface area contributed by atoms with Gasteiger partial charge in [-0.3, -0.25) is 9.36 Å². The highest BCUT2D eigenvalue weighted by atomic mass is 16.2. The van der Waals surface area contributed by atoms with Crippen LogP contribution in [0.1, 0.15) is 49.3 Å². The monoisotopic (exact) mass is 431 g/mol. The zero-order chi connectivity index (χ0) is 22.5.